The average Bonchev–Trinajstić information content (AvgIpc) is 2.26. The van der Waals surface area contributed by atoms with Gasteiger partial charge in [-0.25, -0.2) is 0 Å². The smallest absolute Gasteiger partial charge is 0.134 e. The summed E-state index contributed by atoms with van der Waals surface area (Å²) in [6, 6.07) is 4.54. The fourth-order valence-corrected chi connectivity index (χ4v) is 2.72. The van der Waals surface area contributed by atoms with Crippen molar-refractivity contribution in [3.63, 3.8) is 0 Å². The summed E-state index contributed by atoms with van der Waals surface area (Å²) in [5.74, 6) is 3.66. The van der Waals surface area contributed by atoms with Crippen molar-refractivity contribution in [1.29, 1.82) is 0 Å². The first kappa shape index (κ1) is 10.9. The van der Waals surface area contributed by atoms with Crippen molar-refractivity contribution < 1.29 is 4.74 Å². The lowest BCUT2D eigenvalue weighted by molar-refractivity contribution is 0.376. The van der Waals surface area contributed by atoms with Crippen molar-refractivity contribution in [2.24, 2.45) is 0 Å². The van der Waals surface area contributed by atoms with Gasteiger partial charge in [0.1, 0.15) is 11.7 Å². The molecule has 0 aliphatic carbocycles. The Hall–Kier alpha value is -0.630. The molecule has 0 bridgehead atoms. The normalized spacial score (nSPS) is 16.7. The molecule has 1 atom stereocenters. The molecule has 1 aromatic rings. The van der Waals surface area contributed by atoms with Crippen LogP contribution < -0.4 is 4.74 Å². The first-order chi connectivity index (χ1) is 7.22. The maximum Gasteiger partial charge on any atom is 0.134 e. The Labute approximate surface area is 96.2 Å². The minimum Gasteiger partial charge on any atom is -0.482 e. The van der Waals surface area contributed by atoms with Crippen molar-refractivity contribution >= 4 is 11.8 Å². The Morgan fingerprint density at radius 2 is 2.27 bits per heavy atom. The minimum atomic E-state index is 0.599. The monoisotopic (exact) mass is 222 g/mol. The molecule has 1 aliphatic rings. The zero-order valence-corrected chi connectivity index (χ0v) is 10.5. The number of aryl methyl sites for hydroxylation is 1. The summed E-state index contributed by atoms with van der Waals surface area (Å²) in [6.45, 7) is 6.68. The van der Waals surface area contributed by atoms with Gasteiger partial charge in [-0.05, 0) is 24.8 Å². The largest absolute Gasteiger partial charge is 0.482 e. The van der Waals surface area contributed by atoms with Crippen LogP contribution >= 0.6 is 11.8 Å². The van der Waals surface area contributed by atoms with Gasteiger partial charge < -0.3 is 4.74 Å². The van der Waals surface area contributed by atoms with E-state index >= 15 is 0 Å². The molecule has 0 amide bonds. The molecule has 1 aromatic carbocycles. The summed E-state index contributed by atoms with van der Waals surface area (Å²) in [7, 11) is 0. The van der Waals surface area contributed by atoms with E-state index in [1.54, 1.807) is 0 Å². The lowest BCUT2D eigenvalue weighted by Crippen LogP contribution is -2.08. The summed E-state index contributed by atoms with van der Waals surface area (Å²) in [4.78, 5) is 0. The molecule has 15 heavy (non-hydrogen) atoms. The van der Waals surface area contributed by atoms with Crippen LogP contribution in [0.2, 0.25) is 0 Å². The summed E-state index contributed by atoms with van der Waals surface area (Å²) < 4.78 is 5.80. The first-order valence-corrected chi connectivity index (χ1v) is 6.71. The maximum atomic E-state index is 5.80. The van der Waals surface area contributed by atoms with Crippen LogP contribution in [-0.2, 0) is 5.75 Å². The molecule has 0 saturated heterocycles. The molecular formula is C13H18OS. The number of rotatable bonds is 2. The van der Waals surface area contributed by atoms with Crippen LogP contribution in [0.1, 0.15) is 42.9 Å². The van der Waals surface area contributed by atoms with Gasteiger partial charge >= 0.3 is 0 Å². The molecule has 0 radical (unpaired) electrons. The summed E-state index contributed by atoms with van der Waals surface area (Å²) in [6.07, 6.45) is 1.17. The molecular weight excluding hydrogens is 204 g/mol. The zero-order valence-electron chi connectivity index (χ0n) is 9.67. The van der Waals surface area contributed by atoms with Gasteiger partial charge in [0.2, 0.25) is 0 Å². The fourth-order valence-electron chi connectivity index (χ4n) is 2.00. The van der Waals surface area contributed by atoms with E-state index in [4.69, 9.17) is 4.74 Å². The minimum absolute atomic E-state index is 0.599. The molecule has 82 valence electrons. The van der Waals surface area contributed by atoms with Crippen molar-refractivity contribution in [3.8, 4) is 5.75 Å². The summed E-state index contributed by atoms with van der Waals surface area (Å²) >= 11 is 1.85. The fraction of sp³-hybridized carbons (Fsp3) is 0.538. The van der Waals surface area contributed by atoms with Gasteiger partial charge in [-0.1, -0.05) is 31.5 Å². The second kappa shape index (κ2) is 4.48. The highest BCUT2D eigenvalue weighted by Gasteiger charge is 2.18. The average molecular weight is 222 g/mol. The van der Waals surface area contributed by atoms with Crippen molar-refractivity contribution in [3.05, 3.63) is 28.8 Å². The van der Waals surface area contributed by atoms with Gasteiger partial charge in [-0.15, -0.1) is 11.8 Å². The highest BCUT2D eigenvalue weighted by atomic mass is 32.2. The molecule has 0 aromatic heterocycles. The SMILES string of the molecule is CCC(C)c1cc(C)cc2c1OCSC2. The Morgan fingerprint density at radius 3 is 3.00 bits per heavy atom. The number of benzene rings is 1. The van der Waals surface area contributed by atoms with Gasteiger partial charge in [0.15, 0.2) is 0 Å². The van der Waals surface area contributed by atoms with Gasteiger partial charge in [0.25, 0.3) is 0 Å². The van der Waals surface area contributed by atoms with Gasteiger partial charge in [-0.3, -0.25) is 0 Å². The second-order valence-corrected chi connectivity index (χ2v) is 5.19. The lowest BCUT2D eigenvalue weighted by Gasteiger charge is -2.23. The van der Waals surface area contributed by atoms with E-state index in [0.717, 1.165) is 17.4 Å². The quantitative estimate of drug-likeness (QED) is 0.745. The van der Waals surface area contributed by atoms with E-state index in [1.807, 2.05) is 11.8 Å². The first-order valence-electron chi connectivity index (χ1n) is 5.56. The third-order valence-corrected chi connectivity index (χ3v) is 3.83. The van der Waals surface area contributed by atoms with Gasteiger partial charge in [0.05, 0.1) is 0 Å². The lowest BCUT2D eigenvalue weighted by atomic mass is 9.94. The van der Waals surface area contributed by atoms with Gasteiger partial charge in [-0.2, -0.15) is 0 Å². The number of hydrogen-bond acceptors (Lipinski definition) is 2. The molecule has 1 nitrogen and oxygen atoms in total. The van der Waals surface area contributed by atoms with Crippen LogP contribution in [-0.4, -0.2) is 5.94 Å². The highest BCUT2D eigenvalue weighted by Crippen LogP contribution is 2.38. The van der Waals surface area contributed by atoms with Crippen LogP contribution in [0.15, 0.2) is 12.1 Å². The van der Waals surface area contributed by atoms with Crippen LogP contribution in [0.4, 0.5) is 0 Å². The Bertz CT molecular complexity index is 360. The van der Waals surface area contributed by atoms with E-state index in [-0.39, 0.29) is 0 Å². The van der Waals surface area contributed by atoms with E-state index in [0.29, 0.717) is 5.92 Å². The molecule has 2 rings (SSSR count). The predicted molar refractivity (Wildman–Crippen MR) is 66.7 cm³/mol. The predicted octanol–water partition coefficient (Wildman–Crippen LogP) is 4.09. The number of thioether (sulfide) groups is 1. The number of ether oxygens (including phenoxy) is 1. The standard InChI is InChI=1S/C13H18OS/c1-4-10(3)12-6-9(2)5-11-7-15-8-14-13(11)12/h5-6,10H,4,7-8H2,1-3H3. The third-order valence-electron chi connectivity index (χ3n) is 3.03. The Kier molecular flexibility index (Phi) is 3.25. The van der Waals surface area contributed by atoms with Crippen LogP contribution in [0.25, 0.3) is 0 Å². The molecule has 1 aliphatic heterocycles. The summed E-state index contributed by atoms with van der Waals surface area (Å²) in [5.41, 5.74) is 4.13. The Balaban J connectivity index is 2.47. The molecule has 0 saturated carbocycles. The van der Waals surface area contributed by atoms with E-state index in [9.17, 15) is 0 Å². The molecule has 0 fully saturated rings. The molecule has 1 unspecified atom stereocenters. The van der Waals surface area contributed by atoms with E-state index in [2.05, 4.69) is 32.9 Å². The summed E-state index contributed by atoms with van der Waals surface area (Å²) in [5, 5.41) is 0. The molecule has 2 heteroatoms. The maximum absolute atomic E-state index is 5.80. The molecule has 0 spiro atoms. The number of fused-ring (bicyclic) bond motifs is 1. The second-order valence-electron chi connectivity index (χ2n) is 4.26. The van der Waals surface area contributed by atoms with Crippen molar-refractivity contribution in [2.45, 2.75) is 38.9 Å². The van der Waals surface area contributed by atoms with Crippen molar-refractivity contribution in [1.82, 2.24) is 0 Å². The molecule has 0 N–H and O–H groups in total. The van der Waals surface area contributed by atoms with Crippen LogP contribution in [0.3, 0.4) is 0 Å². The highest BCUT2D eigenvalue weighted by molar-refractivity contribution is 7.98. The molecule has 1 heterocycles. The van der Waals surface area contributed by atoms with Gasteiger partial charge in [0, 0.05) is 11.3 Å². The van der Waals surface area contributed by atoms with E-state index < -0.39 is 0 Å². The van der Waals surface area contributed by atoms with Crippen LogP contribution in [0, 0.1) is 6.92 Å². The third kappa shape index (κ3) is 2.15. The topological polar surface area (TPSA) is 9.23 Å². The Morgan fingerprint density at radius 1 is 1.47 bits per heavy atom. The number of hydrogen-bond donors (Lipinski definition) is 0. The van der Waals surface area contributed by atoms with Crippen molar-refractivity contribution in [2.75, 3.05) is 5.94 Å². The van der Waals surface area contributed by atoms with Crippen LogP contribution in [0.5, 0.6) is 5.75 Å². The zero-order chi connectivity index (χ0) is 10.8. The van der Waals surface area contributed by atoms with E-state index in [1.165, 1.54) is 23.1 Å².